The van der Waals surface area contributed by atoms with Crippen LogP contribution in [-0.4, -0.2) is 66.0 Å². The van der Waals surface area contributed by atoms with Crippen LogP contribution in [0.2, 0.25) is 0 Å². The van der Waals surface area contributed by atoms with Crippen LogP contribution in [0, 0.1) is 0 Å². The molecule has 2 N–H and O–H groups in total. The Morgan fingerprint density at radius 2 is 1.88 bits per heavy atom. The third-order valence-corrected chi connectivity index (χ3v) is 8.69. The van der Waals surface area contributed by atoms with Crippen LogP contribution in [0.3, 0.4) is 0 Å². The zero-order valence-electron chi connectivity index (χ0n) is 17.3. The van der Waals surface area contributed by atoms with E-state index in [1.165, 1.54) is 16.0 Å². The molecule has 13 heteroatoms. The zero-order valence-corrected chi connectivity index (χ0v) is 18.9. The number of carbonyl (C=O) groups excluding carboxylic acids is 1. The Bertz CT molecular complexity index is 869. The molecule has 8 nitrogen and oxygen atoms in total. The van der Waals surface area contributed by atoms with Crippen LogP contribution in [0.25, 0.3) is 0 Å². The first-order chi connectivity index (χ1) is 14.6. The highest BCUT2D eigenvalue weighted by Crippen LogP contribution is 2.36. The lowest BCUT2D eigenvalue weighted by molar-refractivity contribution is -0.135. The van der Waals surface area contributed by atoms with Gasteiger partial charge in [0.2, 0.25) is 10.0 Å². The third kappa shape index (κ3) is 5.71. The number of amides is 1. The van der Waals surface area contributed by atoms with Crippen molar-refractivity contribution in [2.24, 2.45) is 0 Å². The number of halogens is 4. The second kappa shape index (κ2) is 10.6. The zero-order chi connectivity index (χ0) is 22.7. The van der Waals surface area contributed by atoms with Gasteiger partial charge >= 0.3 is 6.18 Å². The molecule has 0 bridgehead atoms. The van der Waals surface area contributed by atoms with E-state index >= 15 is 0 Å². The van der Waals surface area contributed by atoms with E-state index in [1.54, 1.807) is 12.1 Å². The fourth-order valence-electron chi connectivity index (χ4n) is 4.16. The average Bonchev–Trinajstić information content (AvgIpc) is 2.77. The maximum Gasteiger partial charge on any atom is 0.389 e. The van der Waals surface area contributed by atoms with Crippen molar-refractivity contribution in [3.8, 4) is 0 Å². The molecule has 2 fully saturated rings. The van der Waals surface area contributed by atoms with Gasteiger partial charge in [-0.15, -0.1) is 12.4 Å². The Hall–Kier alpha value is -1.47. The van der Waals surface area contributed by atoms with Gasteiger partial charge in [-0.25, -0.2) is 18.2 Å². The lowest BCUT2D eigenvalue weighted by atomic mass is 9.93. The second-order valence-electron chi connectivity index (χ2n) is 7.93. The average molecular weight is 502 g/mol. The van der Waals surface area contributed by atoms with Crippen molar-refractivity contribution in [3.05, 3.63) is 29.6 Å². The molecule has 1 aromatic heterocycles. The molecule has 0 spiro atoms. The highest BCUT2D eigenvalue weighted by molar-refractivity contribution is 7.91. The summed E-state index contributed by atoms with van der Waals surface area (Å²) >= 11 is 0. The number of aromatic nitrogens is 1. The fraction of sp³-hybridized carbons (Fsp3) is 0.684. The molecule has 32 heavy (non-hydrogen) atoms. The van der Waals surface area contributed by atoms with Crippen LogP contribution in [0.5, 0.6) is 0 Å². The number of nitrogens with one attached hydrogen (secondary N) is 1. The van der Waals surface area contributed by atoms with Gasteiger partial charge in [-0.3, -0.25) is 15.0 Å². The fourth-order valence-corrected chi connectivity index (χ4v) is 6.30. The van der Waals surface area contributed by atoms with Gasteiger partial charge in [0.05, 0.1) is 0 Å². The molecule has 0 aromatic carbocycles. The predicted molar refractivity (Wildman–Crippen MR) is 111 cm³/mol. The quantitative estimate of drug-likeness (QED) is 0.458. The van der Waals surface area contributed by atoms with Crippen molar-refractivity contribution in [2.75, 3.05) is 26.3 Å². The highest BCUT2D eigenvalue weighted by Gasteiger charge is 2.54. The maximum absolute atomic E-state index is 13.3. The topological polar surface area (TPSA) is 109 Å². The van der Waals surface area contributed by atoms with E-state index in [2.05, 4.69) is 4.98 Å². The van der Waals surface area contributed by atoms with E-state index in [0.29, 0.717) is 24.1 Å². The van der Waals surface area contributed by atoms with Crippen molar-refractivity contribution in [3.63, 3.8) is 0 Å². The molecule has 2 aliphatic heterocycles. The molecule has 2 aliphatic rings. The summed E-state index contributed by atoms with van der Waals surface area (Å²) in [5.74, 6) is -0.977. The number of nitrogens with zero attached hydrogens (tertiary/aromatic N) is 2. The van der Waals surface area contributed by atoms with Gasteiger partial charge in [0.25, 0.3) is 5.91 Å². The molecule has 3 heterocycles. The molecule has 0 aliphatic carbocycles. The van der Waals surface area contributed by atoms with Crippen LogP contribution in [0.4, 0.5) is 13.2 Å². The third-order valence-electron chi connectivity index (χ3n) is 6.07. The normalized spacial score (nSPS) is 20.4. The summed E-state index contributed by atoms with van der Waals surface area (Å²) in [5, 5.41) is 9.12. The number of ether oxygens (including phenoxy) is 1. The standard InChI is InChI=1S/C19H26F3N3O5S.ClH/c20-19(21,22)6-3-14-1-2-16(23-13-14)15-4-9-25(10-5-15)31(28,29)18(17(26)24-27)7-11-30-12-8-18;/h1-2,13,15,27H,3-12H2,(H,24,26);1H. The molecule has 1 aromatic rings. The number of carbonyl (C=O) groups is 1. The maximum atomic E-state index is 13.3. The molecule has 1 amide bonds. The van der Waals surface area contributed by atoms with Crippen molar-refractivity contribution in [1.29, 1.82) is 0 Å². The number of piperidine rings is 1. The van der Waals surface area contributed by atoms with Gasteiger partial charge in [-0.05, 0) is 30.9 Å². The van der Waals surface area contributed by atoms with Gasteiger partial charge in [0, 0.05) is 63.4 Å². The largest absolute Gasteiger partial charge is 0.389 e. The molecule has 0 saturated carbocycles. The Labute approximate surface area is 190 Å². The highest BCUT2D eigenvalue weighted by atomic mass is 35.5. The number of rotatable bonds is 6. The Kier molecular flexibility index (Phi) is 8.90. The van der Waals surface area contributed by atoms with E-state index in [9.17, 15) is 26.4 Å². The number of pyridine rings is 1. The van der Waals surface area contributed by atoms with Gasteiger partial charge in [0.1, 0.15) is 0 Å². The van der Waals surface area contributed by atoms with Crippen LogP contribution in [0.1, 0.15) is 49.3 Å². The Balaban J connectivity index is 0.00000363. The minimum absolute atomic E-state index is 0. The predicted octanol–water partition coefficient (Wildman–Crippen LogP) is 2.56. The molecule has 0 unspecified atom stereocenters. The van der Waals surface area contributed by atoms with E-state index in [0.717, 1.165) is 0 Å². The molecule has 2 saturated heterocycles. The summed E-state index contributed by atoms with van der Waals surface area (Å²) in [6.45, 7) is 0.582. The number of hydrogen-bond acceptors (Lipinski definition) is 6. The van der Waals surface area contributed by atoms with Crippen molar-refractivity contribution in [2.45, 2.75) is 55.4 Å². The van der Waals surface area contributed by atoms with Crippen LogP contribution in [0.15, 0.2) is 18.3 Å². The first-order valence-corrected chi connectivity index (χ1v) is 11.6. The Morgan fingerprint density at radius 3 is 2.38 bits per heavy atom. The van der Waals surface area contributed by atoms with Crippen LogP contribution >= 0.6 is 12.4 Å². The summed E-state index contributed by atoms with van der Waals surface area (Å²) in [4.78, 5) is 16.6. The summed E-state index contributed by atoms with van der Waals surface area (Å²) in [6.07, 6.45) is -2.95. The number of alkyl halides is 3. The molecular formula is C19H27ClF3N3O5S. The molecule has 3 rings (SSSR count). The summed E-state index contributed by atoms with van der Waals surface area (Å²) in [7, 11) is -4.04. The molecular weight excluding hydrogens is 475 g/mol. The number of aryl methyl sites for hydroxylation is 1. The summed E-state index contributed by atoms with van der Waals surface area (Å²) in [5.41, 5.74) is 2.71. The van der Waals surface area contributed by atoms with Crippen LogP contribution in [-0.2, 0) is 26.0 Å². The van der Waals surface area contributed by atoms with Crippen molar-refractivity contribution in [1.82, 2.24) is 14.8 Å². The van der Waals surface area contributed by atoms with Crippen LogP contribution < -0.4 is 5.48 Å². The lowest BCUT2D eigenvalue weighted by Crippen LogP contribution is -2.60. The first kappa shape index (κ1) is 26.8. The molecule has 0 radical (unpaired) electrons. The van der Waals surface area contributed by atoms with E-state index in [1.807, 2.05) is 0 Å². The van der Waals surface area contributed by atoms with E-state index in [-0.39, 0.29) is 63.9 Å². The summed E-state index contributed by atoms with van der Waals surface area (Å²) < 4.78 is 68.4. The van der Waals surface area contributed by atoms with Gasteiger partial charge in [-0.1, -0.05) is 6.07 Å². The van der Waals surface area contributed by atoms with Gasteiger partial charge in [0.15, 0.2) is 4.75 Å². The lowest BCUT2D eigenvalue weighted by Gasteiger charge is -2.40. The minimum atomic E-state index is -4.22. The summed E-state index contributed by atoms with van der Waals surface area (Å²) in [6, 6.07) is 3.32. The molecule has 182 valence electrons. The smallest absolute Gasteiger partial charge is 0.381 e. The molecule has 0 atom stereocenters. The van der Waals surface area contributed by atoms with E-state index in [4.69, 9.17) is 9.94 Å². The number of hydrogen-bond donors (Lipinski definition) is 2. The van der Waals surface area contributed by atoms with Gasteiger partial charge < -0.3 is 4.74 Å². The second-order valence-corrected chi connectivity index (χ2v) is 10.2. The number of sulfonamides is 1. The minimum Gasteiger partial charge on any atom is -0.381 e. The number of hydroxylamine groups is 1. The van der Waals surface area contributed by atoms with Gasteiger partial charge in [-0.2, -0.15) is 13.2 Å². The van der Waals surface area contributed by atoms with E-state index < -0.39 is 33.3 Å². The van der Waals surface area contributed by atoms with Crippen molar-refractivity contribution >= 4 is 28.3 Å². The first-order valence-electron chi connectivity index (χ1n) is 10.1. The van der Waals surface area contributed by atoms with Crippen molar-refractivity contribution < 1.29 is 36.3 Å². The Morgan fingerprint density at radius 1 is 1.25 bits per heavy atom. The monoisotopic (exact) mass is 501 g/mol. The SMILES string of the molecule is Cl.O=C(NO)C1(S(=O)(=O)N2CCC(c3ccc(CCC(F)(F)F)cn3)CC2)CCOCC1.